The first-order valence-electron chi connectivity index (χ1n) is 9.91. The smallest absolute Gasteiger partial charge is 0.175 e. The van der Waals surface area contributed by atoms with Gasteiger partial charge in [0.2, 0.25) is 0 Å². The number of aromatic nitrogens is 2. The van der Waals surface area contributed by atoms with Gasteiger partial charge >= 0.3 is 0 Å². The first-order chi connectivity index (χ1) is 13.5. The number of benzene rings is 1. The summed E-state index contributed by atoms with van der Waals surface area (Å²) in [4.78, 5) is 8.38. The molecule has 28 heavy (non-hydrogen) atoms. The van der Waals surface area contributed by atoms with Gasteiger partial charge in [0.05, 0.1) is 16.3 Å². The van der Waals surface area contributed by atoms with E-state index in [0.717, 1.165) is 29.3 Å². The number of sulfone groups is 1. The molecule has 146 valence electrons. The molecule has 1 fully saturated rings. The molecule has 1 aromatic carbocycles. The molecule has 1 unspecified atom stereocenters. The monoisotopic (exact) mass is 394 g/mol. The fourth-order valence-electron chi connectivity index (χ4n) is 4.26. The molecule has 0 bridgehead atoms. The molecule has 4 rings (SSSR count). The van der Waals surface area contributed by atoms with E-state index >= 15 is 0 Å². The fourth-order valence-corrected chi connectivity index (χ4v) is 4.89. The molecule has 1 N–H and O–H groups in total. The lowest BCUT2D eigenvalue weighted by Gasteiger charge is -2.21. The van der Waals surface area contributed by atoms with Crippen LogP contribution in [0.3, 0.4) is 0 Å². The Morgan fingerprint density at radius 1 is 1.04 bits per heavy atom. The van der Waals surface area contributed by atoms with Crippen LogP contribution in [0.5, 0.6) is 0 Å². The van der Waals surface area contributed by atoms with Crippen LogP contribution in [0.4, 0.5) is 0 Å². The summed E-state index contributed by atoms with van der Waals surface area (Å²) in [6.45, 7) is 0. The van der Waals surface area contributed by atoms with E-state index in [4.69, 9.17) is 0 Å². The summed E-state index contributed by atoms with van der Waals surface area (Å²) < 4.78 is 23.6. The summed E-state index contributed by atoms with van der Waals surface area (Å²) >= 11 is 0. The van der Waals surface area contributed by atoms with Gasteiger partial charge in [0.25, 0.3) is 0 Å². The average molecular weight is 395 g/mol. The zero-order valence-electron chi connectivity index (χ0n) is 16.1. The quantitative estimate of drug-likeness (QED) is 0.625. The van der Waals surface area contributed by atoms with Gasteiger partial charge in [-0.2, -0.15) is 0 Å². The summed E-state index contributed by atoms with van der Waals surface area (Å²) in [5, 5.41) is 0. The third kappa shape index (κ3) is 4.20. The molecular weight excluding hydrogens is 368 g/mol. The average Bonchev–Trinajstić information content (AvgIpc) is 3.38. The molecule has 2 aromatic heterocycles. The second-order valence-corrected chi connectivity index (χ2v) is 9.84. The van der Waals surface area contributed by atoms with E-state index < -0.39 is 9.84 Å². The van der Waals surface area contributed by atoms with Gasteiger partial charge in [0.15, 0.2) is 9.84 Å². The van der Waals surface area contributed by atoms with Gasteiger partial charge in [-0.25, -0.2) is 8.42 Å². The SMILES string of the molecule is CS(=O)(=O)c1ccc(C(CC2CCCC2)c2ccc(-c3ccccn3)[nH]2)cc1. The van der Waals surface area contributed by atoms with Crippen molar-refractivity contribution in [1.29, 1.82) is 0 Å². The Balaban J connectivity index is 1.67. The third-order valence-corrected chi connectivity index (χ3v) is 6.91. The standard InChI is InChI=1S/C23H26N2O2S/c1-28(26,27)19-11-9-18(10-12-19)20(16-17-6-2-3-7-17)21-13-14-23(25-21)22-8-4-5-15-24-22/h4-5,8-15,17,20,25H,2-3,6-7,16H2,1H3. The number of hydrogen-bond acceptors (Lipinski definition) is 3. The highest BCUT2D eigenvalue weighted by Gasteiger charge is 2.24. The second-order valence-electron chi connectivity index (χ2n) is 7.82. The lowest BCUT2D eigenvalue weighted by atomic mass is 9.86. The van der Waals surface area contributed by atoms with Crippen LogP contribution in [-0.2, 0) is 9.84 Å². The lowest BCUT2D eigenvalue weighted by Crippen LogP contribution is -2.08. The van der Waals surface area contributed by atoms with Gasteiger partial charge in [-0.05, 0) is 54.3 Å². The van der Waals surface area contributed by atoms with Gasteiger partial charge < -0.3 is 4.98 Å². The van der Waals surface area contributed by atoms with E-state index in [0.29, 0.717) is 4.90 Å². The van der Waals surface area contributed by atoms with Gasteiger partial charge in [-0.15, -0.1) is 0 Å². The summed E-state index contributed by atoms with van der Waals surface area (Å²) in [5.74, 6) is 0.954. The molecule has 0 aliphatic heterocycles. The minimum absolute atomic E-state index is 0.231. The number of nitrogens with zero attached hydrogens (tertiary/aromatic N) is 1. The van der Waals surface area contributed by atoms with E-state index in [9.17, 15) is 8.42 Å². The van der Waals surface area contributed by atoms with Gasteiger partial charge in [0, 0.05) is 24.1 Å². The van der Waals surface area contributed by atoms with Crippen LogP contribution in [-0.4, -0.2) is 24.6 Å². The minimum atomic E-state index is -3.18. The van der Waals surface area contributed by atoms with Crippen LogP contribution in [0, 0.1) is 5.92 Å². The molecular formula is C23H26N2O2S. The van der Waals surface area contributed by atoms with Crippen molar-refractivity contribution in [3.05, 3.63) is 72.1 Å². The molecule has 0 saturated heterocycles. The van der Waals surface area contributed by atoms with Gasteiger partial charge in [-0.3, -0.25) is 4.98 Å². The molecule has 1 aliphatic rings. The van der Waals surface area contributed by atoms with E-state index in [2.05, 4.69) is 22.1 Å². The van der Waals surface area contributed by atoms with Crippen molar-refractivity contribution in [2.24, 2.45) is 5.92 Å². The molecule has 0 spiro atoms. The van der Waals surface area contributed by atoms with Crippen molar-refractivity contribution in [2.45, 2.75) is 42.9 Å². The zero-order chi connectivity index (χ0) is 19.6. The van der Waals surface area contributed by atoms with Gasteiger partial charge in [0.1, 0.15) is 0 Å². The predicted octanol–water partition coefficient (Wildman–Crippen LogP) is 5.19. The Morgan fingerprint density at radius 2 is 1.79 bits per heavy atom. The van der Waals surface area contributed by atoms with Crippen molar-refractivity contribution >= 4 is 9.84 Å². The van der Waals surface area contributed by atoms with Crippen LogP contribution < -0.4 is 0 Å². The number of rotatable bonds is 6. The third-order valence-electron chi connectivity index (χ3n) is 5.78. The molecule has 1 atom stereocenters. The Kier molecular flexibility index (Phi) is 5.36. The van der Waals surface area contributed by atoms with E-state index in [-0.39, 0.29) is 5.92 Å². The second kappa shape index (κ2) is 7.92. The molecule has 0 amide bonds. The van der Waals surface area contributed by atoms with Crippen molar-refractivity contribution in [2.75, 3.05) is 6.26 Å². The van der Waals surface area contributed by atoms with Crippen molar-refractivity contribution in [3.63, 3.8) is 0 Å². The number of H-pyrrole nitrogens is 1. The number of hydrogen-bond donors (Lipinski definition) is 1. The maximum absolute atomic E-state index is 11.8. The lowest BCUT2D eigenvalue weighted by molar-refractivity contribution is 0.469. The Hall–Kier alpha value is -2.40. The molecule has 4 nitrogen and oxygen atoms in total. The molecule has 0 radical (unpaired) electrons. The number of pyridine rings is 1. The largest absolute Gasteiger partial charge is 0.357 e. The van der Waals surface area contributed by atoms with E-state index in [1.54, 1.807) is 18.3 Å². The van der Waals surface area contributed by atoms with Crippen LogP contribution in [0.15, 0.2) is 65.7 Å². The topological polar surface area (TPSA) is 62.8 Å². The molecule has 1 aliphatic carbocycles. The summed E-state index contributed by atoms with van der Waals surface area (Å²) in [6.07, 6.45) is 9.33. The normalized spacial score (nSPS) is 16.3. The highest BCUT2D eigenvalue weighted by Crippen LogP contribution is 2.38. The van der Waals surface area contributed by atoms with Crippen molar-refractivity contribution < 1.29 is 8.42 Å². The highest BCUT2D eigenvalue weighted by molar-refractivity contribution is 7.90. The Bertz CT molecular complexity index is 1020. The Morgan fingerprint density at radius 3 is 2.43 bits per heavy atom. The predicted molar refractivity (Wildman–Crippen MR) is 112 cm³/mol. The van der Waals surface area contributed by atoms with Crippen LogP contribution in [0.1, 0.15) is 49.3 Å². The highest BCUT2D eigenvalue weighted by atomic mass is 32.2. The van der Waals surface area contributed by atoms with Crippen LogP contribution in [0.2, 0.25) is 0 Å². The van der Waals surface area contributed by atoms with Crippen LogP contribution in [0.25, 0.3) is 11.4 Å². The minimum Gasteiger partial charge on any atom is -0.357 e. The van der Waals surface area contributed by atoms with E-state index in [1.807, 2.05) is 30.3 Å². The van der Waals surface area contributed by atoms with Crippen molar-refractivity contribution in [3.8, 4) is 11.4 Å². The van der Waals surface area contributed by atoms with Gasteiger partial charge in [-0.1, -0.05) is 43.9 Å². The maximum Gasteiger partial charge on any atom is 0.175 e. The first kappa shape index (κ1) is 18.9. The maximum atomic E-state index is 11.8. The summed E-state index contributed by atoms with van der Waals surface area (Å²) in [6, 6.07) is 17.5. The molecule has 3 aromatic rings. The summed E-state index contributed by atoms with van der Waals surface area (Å²) in [5.41, 5.74) is 4.27. The van der Waals surface area contributed by atoms with E-state index in [1.165, 1.54) is 37.6 Å². The Labute approximate surface area is 167 Å². The van der Waals surface area contributed by atoms with Crippen LogP contribution >= 0.6 is 0 Å². The fraction of sp³-hybridized carbons (Fsp3) is 0.348. The molecule has 5 heteroatoms. The summed E-state index contributed by atoms with van der Waals surface area (Å²) in [7, 11) is -3.18. The first-order valence-corrected chi connectivity index (χ1v) is 11.8. The molecule has 2 heterocycles. The molecule has 1 saturated carbocycles. The zero-order valence-corrected chi connectivity index (χ0v) is 17.0. The number of nitrogens with one attached hydrogen (secondary N) is 1. The van der Waals surface area contributed by atoms with Crippen molar-refractivity contribution in [1.82, 2.24) is 9.97 Å². The number of aromatic amines is 1.